The zero-order chi connectivity index (χ0) is 20.1. The van der Waals surface area contributed by atoms with Gasteiger partial charge in [-0.2, -0.15) is 0 Å². The van der Waals surface area contributed by atoms with E-state index in [0.717, 1.165) is 34.8 Å². The van der Waals surface area contributed by atoms with E-state index >= 15 is 0 Å². The highest BCUT2D eigenvalue weighted by Crippen LogP contribution is 2.39. The van der Waals surface area contributed by atoms with Crippen molar-refractivity contribution in [3.63, 3.8) is 0 Å². The van der Waals surface area contributed by atoms with Crippen LogP contribution in [-0.2, 0) is 9.59 Å². The van der Waals surface area contributed by atoms with Gasteiger partial charge in [-0.25, -0.2) is 0 Å². The number of ether oxygens (including phenoxy) is 2. The summed E-state index contributed by atoms with van der Waals surface area (Å²) >= 11 is 1.54. The maximum atomic E-state index is 13.2. The molecule has 0 spiro atoms. The highest BCUT2D eigenvalue weighted by atomic mass is 32.1. The van der Waals surface area contributed by atoms with Crippen LogP contribution in [0.25, 0.3) is 0 Å². The summed E-state index contributed by atoms with van der Waals surface area (Å²) in [6.45, 7) is 2.17. The van der Waals surface area contributed by atoms with E-state index < -0.39 is 0 Å². The van der Waals surface area contributed by atoms with Gasteiger partial charge in [0, 0.05) is 23.9 Å². The van der Waals surface area contributed by atoms with Crippen LogP contribution < -0.4 is 14.8 Å². The van der Waals surface area contributed by atoms with Gasteiger partial charge in [0.2, 0.25) is 11.8 Å². The lowest BCUT2D eigenvalue weighted by Crippen LogP contribution is -2.35. The molecule has 2 heterocycles. The average molecular weight is 403 g/mol. The first kappa shape index (κ1) is 20.2. The van der Waals surface area contributed by atoms with Crippen LogP contribution in [0.1, 0.15) is 48.7 Å². The minimum absolute atomic E-state index is 0.0273. The van der Waals surface area contributed by atoms with Crippen molar-refractivity contribution >= 4 is 23.2 Å². The standard InChI is InChI=1S/C21H26N2O4S/c1-14(24)22-17(20-7-5-11-28-20)13-21(25)23-10-4-6-18(23)16-12-15(26-2)8-9-19(16)27-3/h5,7-9,11-12,17-18H,4,6,10,13H2,1-3H3,(H,22,24). The number of benzene rings is 1. The number of carbonyl (C=O) groups excluding carboxylic acids is 2. The smallest absolute Gasteiger partial charge is 0.225 e. The minimum Gasteiger partial charge on any atom is -0.497 e. The topological polar surface area (TPSA) is 67.9 Å². The maximum absolute atomic E-state index is 13.2. The van der Waals surface area contributed by atoms with Gasteiger partial charge in [-0.05, 0) is 42.5 Å². The van der Waals surface area contributed by atoms with Gasteiger partial charge < -0.3 is 19.7 Å². The minimum atomic E-state index is -0.307. The zero-order valence-electron chi connectivity index (χ0n) is 16.4. The fraction of sp³-hybridized carbons (Fsp3) is 0.429. The third-order valence-electron chi connectivity index (χ3n) is 5.01. The van der Waals surface area contributed by atoms with Gasteiger partial charge >= 0.3 is 0 Å². The summed E-state index contributed by atoms with van der Waals surface area (Å²) in [5.41, 5.74) is 0.958. The van der Waals surface area contributed by atoms with Crippen LogP contribution in [0, 0.1) is 0 Å². The van der Waals surface area contributed by atoms with Crippen molar-refractivity contribution < 1.29 is 19.1 Å². The van der Waals surface area contributed by atoms with Gasteiger partial charge in [0.05, 0.1) is 32.7 Å². The fourth-order valence-corrected chi connectivity index (χ4v) is 4.52. The molecule has 1 N–H and O–H groups in total. The van der Waals surface area contributed by atoms with Crippen molar-refractivity contribution in [1.82, 2.24) is 10.2 Å². The van der Waals surface area contributed by atoms with E-state index in [9.17, 15) is 9.59 Å². The monoisotopic (exact) mass is 402 g/mol. The van der Waals surface area contributed by atoms with E-state index in [1.165, 1.54) is 6.92 Å². The van der Waals surface area contributed by atoms with Crippen LogP contribution in [0.3, 0.4) is 0 Å². The third kappa shape index (κ3) is 4.47. The van der Waals surface area contributed by atoms with Crippen LogP contribution in [0.2, 0.25) is 0 Å². The van der Waals surface area contributed by atoms with Crippen molar-refractivity contribution in [2.45, 2.75) is 38.3 Å². The Labute approximate surface area is 169 Å². The molecule has 1 saturated heterocycles. The van der Waals surface area contributed by atoms with Crippen LogP contribution in [-0.4, -0.2) is 37.5 Å². The van der Waals surface area contributed by atoms with Gasteiger partial charge in [-0.1, -0.05) is 6.07 Å². The molecule has 3 rings (SSSR count). The Morgan fingerprint density at radius 3 is 2.75 bits per heavy atom. The van der Waals surface area contributed by atoms with Crippen LogP contribution in [0.4, 0.5) is 0 Å². The molecule has 6 nitrogen and oxygen atoms in total. The highest BCUT2D eigenvalue weighted by molar-refractivity contribution is 7.10. The lowest BCUT2D eigenvalue weighted by atomic mass is 10.0. The summed E-state index contributed by atoms with van der Waals surface area (Å²) in [4.78, 5) is 27.7. The quantitative estimate of drug-likeness (QED) is 0.767. The van der Waals surface area contributed by atoms with Crippen molar-refractivity contribution in [3.8, 4) is 11.5 Å². The Morgan fingerprint density at radius 1 is 1.29 bits per heavy atom. The van der Waals surface area contributed by atoms with Crippen LogP contribution in [0.15, 0.2) is 35.7 Å². The lowest BCUT2D eigenvalue weighted by Gasteiger charge is -2.28. The summed E-state index contributed by atoms with van der Waals surface area (Å²) in [5.74, 6) is 1.38. The van der Waals surface area contributed by atoms with Crippen molar-refractivity contribution in [3.05, 3.63) is 46.2 Å². The number of thiophene rings is 1. The first-order valence-corrected chi connectivity index (χ1v) is 10.2. The van der Waals surface area contributed by atoms with Crippen LogP contribution >= 0.6 is 11.3 Å². The predicted molar refractivity (Wildman–Crippen MR) is 109 cm³/mol. The Kier molecular flexibility index (Phi) is 6.57. The third-order valence-corrected chi connectivity index (χ3v) is 6.00. The first-order valence-electron chi connectivity index (χ1n) is 9.35. The van der Waals surface area contributed by atoms with Gasteiger partial charge in [0.25, 0.3) is 0 Å². The fourth-order valence-electron chi connectivity index (χ4n) is 3.74. The van der Waals surface area contributed by atoms with Gasteiger partial charge in [0.1, 0.15) is 11.5 Å². The van der Waals surface area contributed by atoms with Gasteiger partial charge in [-0.3, -0.25) is 9.59 Å². The number of methoxy groups -OCH3 is 2. The van der Waals surface area contributed by atoms with Crippen molar-refractivity contribution in [1.29, 1.82) is 0 Å². The summed E-state index contributed by atoms with van der Waals surface area (Å²) in [6, 6.07) is 9.19. The van der Waals surface area contributed by atoms with E-state index in [4.69, 9.17) is 9.47 Å². The Balaban J connectivity index is 1.82. The second-order valence-corrected chi connectivity index (χ2v) is 7.80. The molecule has 2 unspecified atom stereocenters. The number of nitrogens with one attached hydrogen (secondary N) is 1. The molecule has 7 heteroatoms. The Hall–Kier alpha value is -2.54. The first-order chi connectivity index (χ1) is 13.5. The molecule has 2 amide bonds. The van der Waals surface area contributed by atoms with Gasteiger partial charge in [0.15, 0.2) is 0 Å². The summed E-state index contributed by atoms with van der Waals surface area (Å²) in [6.07, 6.45) is 2.04. The second-order valence-electron chi connectivity index (χ2n) is 6.83. The summed E-state index contributed by atoms with van der Waals surface area (Å²) in [7, 11) is 3.26. The number of hydrogen-bond acceptors (Lipinski definition) is 5. The number of likely N-dealkylation sites (tertiary alicyclic amines) is 1. The number of hydrogen-bond donors (Lipinski definition) is 1. The molecule has 150 valence electrons. The van der Waals surface area contributed by atoms with Crippen LogP contribution in [0.5, 0.6) is 11.5 Å². The summed E-state index contributed by atoms with van der Waals surface area (Å²) in [5, 5.41) is 4.86. The molecule has 1 aromatic heterocycles. The number of amides is 2. The molecule has 1 aromatic carbocycles. The molecule has 0 saturated carbocycles. The molecule has 2 atom stereocenters. The van der Waals surface area contributed by atoms with Gasteiger partial charge in [-0.15, -0.1) is 11.3 Å². The summed E-state index contributed by atoms with van der Waals surface area (Å²) < 4.78 is 10.9. The lowest BCUT2D eigenvalue weighted by molar-refractivity contribution is -0.133. The van der Waals surface area contributed by atoms with E-state index in [1.54, 1.807) is 25.6 Å². The van der Waals surface area contributed by atoms with E-state index in [0.29, 0.717) is 6.54 Å². The molecule has 1 aliphatic rings. The number of carbonyl (C=O) groups is 2. The Morgan fingerprint density at radius 2 is 2.11 bits per heavy atom. The molecule has 28 heavy (non-hydrogen) atoms. The zero-order valence-corrected chi connectivity index (χ0v) is 17.3. The molecule has 1 fully saturated rings. The van der Waals surface area contributed by atoms with Crippen molar-refractivity contribution in [2.24, 2.45) is 0 Å². The molecular weight excluding hydrogens is 376 g/mol. The maximum Gasteiger partial charge on any atom is 0.225 e. The second kappa shape index (κ2) is 9.10. The average Bonchev–Trinajstić information content (AvgIpc) is 3.38. The number of rotatable bonds is 7. The molecule has 2 aromatic rings. The predicted octanol–water partition coefficient (Wildman–Crippen LogP) is 3.70. The molecule has 0 aliphatic carbocycles. The van der Waals surface area contributed by atoms with E-state index in [-0.39, 0.29) is 30.3 Å². The molecule has 1 aliphatic heterocycles. The molecule has 0 radical (unpaired) electrons. The normalized spacial score (nSPS) is 17.2. The number of nitrogens with zero attached hydrogens (tertiary/aromatic N) is 1. The SMILES string of the molecule is COc1ccc(OC)c(C2CCCN2C(=O)CC(NC(C)=O)c2cccs2)c1. The Bertz CT molecular complexity index is 822. The highest BCUT2D eigenvalue weighted by Gasteiger charge is 2.33. The van der Waals surface area contributed by atoms with E-state index in [2.05, 4.69) is 5.32 Å². The van der Waals surface area contributed by atoms with E-state index in [1.807, 2.05) is 40.6 Å². The molecular formula is C21H26N2O4S. The molecule has 0 bridgehead atoms. The largest absolute Gasteiger partial charge is 0.497 e. The van der Waals surface area contributed by atoms with Crippen molar-refractivity contribution in [2.75, 3.05) is 20.8 Å².